The second-order valence-corrected chi connectivity index (χ2v) is 11.2. The SMILES string of the molecule is Cc1cc(C(C(=O)N2C[C@H](O)C[C@H]2C2=NC(=O)C(C)(c3ccc(-c4scnc4C)cc3)N2)C(C)C)on1. The number of nitrogens with one attached hydrogen (secondary N) is 1. The first kappa shape index (κ1) is 25.3. The smallest absolute Gasteiger partial charge is 0.277 e. The summed E-state index contributed by atoms with van der Waals surface area (Å²) in [5, 5.41) is 17.8. The lowest BCUT2D eigenvalue weighted by Crippen LogP contribution is -2.51. The highest BCUT2D eigenvalue weighted by Crippen LogP contribution is 2.35. The van der Waals surface area contributed by atoms with Crippen LogP contribution in [0.3, 0.4) is 0 Å². The van der Waals surface area contributed by atoms with Crippen molar-refractivity contribution in [2.24, 2.45) is 10.9 Å². The molecule has 2 amide bonds. The number of β-amino-alcohol motifs (C(OH)–C–C–N with tert-alkyl or cyclic N) is 1. The Kier molecular flexibility index (Phi) is 6.49. The highest BCUT2D eigenvalue weighted by Gasteiger charge is 2.48. The van der Waals surface area contributed by atoms with Crippen LogP contribution in [-0.2, 0) is 15.1 Å². The molecule has 2 aliphatic rings. The first-order valence-corrected chi connectivity index (χ1v) is 13.3. The van der Waals surface area contributed by atoms with Crippen LogP contribution in [0.2, 0.25) is 0 Å². The van der Waals surface area contributed by atoms with Crippen molar-refractivity contribution in [3.8, 4) is 10.4 Å². The van der Waals surface area contributed by atoms with Crippen LogP contribution in [0.4, 0.5) is 0 Å². The summed E-state index contributed by atoms with van der Waals surface area (Å²) in [6, 6.07) is 9.04. The monoisotopic (exact) mass is 521 g/mol. The van der Waals surface area contributed by atoms with E-state index in [9.17, 15) is 14.7 Å². The van der Waals surface area contributed by atoms with E-state index in [0.717, 1.165) is 21.7 Å². The van der Waals surface area contributed by atoms with E-state index in [0.29, 0.717) is 23.7 Å². The van der Waals surface area contributed by atoms with Gasteiger partial charge in [0.05, 0.1) is 33.9 Å². The summed E-state index contributed by atoms with van der Waals surface area (Å²) in [5.41, 5.74) is 4.23. The van der Waals surface area contributed by atoms with E-state index >= 15 is 0 Å². The van der Waals surface area contributed by atoms with Crippen molar-refractivity contribution >= 4 is 29.0 Å². The summed E-state index contributed by atoms with van der Waals surface area (Å²) in [6.45, 7) is 9.64. The van der Waals surface area contributed by atoms with Crippen molar-refractivity contribution in [1.82, 2.24) is 20.4 Å². The van der Waals surface area contributed by atoms with Gasteiger partial charge >= 0.3 is 0 Å². The Labute approximate surface area is 219 Å². The van der Waals surface area contributed by atoms with Gasteiger partial charge in [-0.25, -0.2) is 4.98 Å². The zero-order valence-electron chi connectivity index (χ0n) is 21.6. The van der Waals surface area contributed by atoms with Crippen molar-refractivity contribution in [2.45, 2.75) is 64.6 Å². The standard InChI is InChI=1S/C27H31N5O4S/c1-14(2)22(21-10-15(3)31-36-21)25(34)32-12-19(33)11-20(32)24-29-26(35)27(5,30-24)18-8-6-17(7-9-18)23-16(4)28-13-37-23/h6-10,13-14,19-20,22,33H,11-12H2,1-5H3,(H,29,30,35)/t19-,20+,22?,27?/m1/s1. The van der Waals surface area contributed by atoms with Gasteiger partial charge in [-0.1, -0.05) is 43.3 Å². The molecule has 0 bridgehead atoms. The molecule has 10 heteroatoms. The van der Waals surface area contributed by atoms with E-state index in [1.54, 1.807) is 29.2 Å². The predicted molar refractivity (Wildman–Crippen MR) is 140 cm³/mol. The topological polar surface area (TPSA) is 121 Å². The average Bonchev–Trinajstić information content (AvgIpc) is 3.62. The van der Waals surface area contributed by atoms with E-state index in [4.69, 9.17) is 4.52 Å². The van der Waals surface area contributed by atoms with Crippen LogP contribution >= 0.6 is 11.3 Å². The Hall–Kier alpha value is -3.37. The first-order chi connectivity index (χ1) is 17.6. The summed E-state index contributed by atoms with van der Waals surface area (Å²) < 4.78 is 5.44. The van der Waals surface area contributed by atoms with Crippen molar-refractivity contribution in [3.63, 3.8) is 0 Å². The number of hydrogen-bond acceptors (Lipinski definition) is 8. The summed E-state index contributed by atoms with van der Waals surface area (Å²) in [4.78, 5) is 38.3. The summed E-state index contributed by atoms with van der Waals surface area (Å²) >= 11 is 1.58. The fourth-order valence-electron chi connectivity index (χ4n) is 5.21. The van der Waals surface area contributed by atoms with Gasteiger partial charge in [0, 0.05) is 19.0 Å². The zero-order chi connectivity index (χ0) is 26.5. The zero-order valence-corrected chi connectivity index (χ0v) is 22.4. The average molecular weight is 522 g/mol. The maximum absolute atomic E-state index is 13.8. The number of aromatic nitrogens is 2. The number of likely N-dealkylation sites (tertiary alicyclic amines) is 1. The minimum Gasteiger partial charge on any atom is -0.391 e. The summed E-state index contributed by atoms with van der Waals surface area (Å²) in [6.07, 6.45) is -0.420. The van der Waals surface area contributed by atoms with Gasteiger partial charge in [-0.05, 0) is 37.8 Å². The Morgan fingerprint density at radius 1 is 1.27 bits per heavy atom. The number of benzene rings is 1. The van der Waals surface area contributed by atoms with Crippen LogP contribution in [0.5, 0.6) is 0 Å². The fourth-order valence-corrected chi connectivity index (χ4v) is 6.02. The maximum atomic E-state index is 13.8. The third kappa shape index (κ3) is 4.48. The Bertz CT molecular complexity index is 1360. The third-order valence-corrected chi connectivity index (χ3v) is 8.24. The molecule has 2 N–H and O–H groups in total. The van der Waals surface area contributed by atoms with Crippen LogP contribution < -0.4 is 5.32 Å². The Morgan fingerprint density at radius 2 is 2.00 bits per heavy atom. The van der Waals surface area contributed by atoms with Crippen molar-refractivity contribution in [1.29, 1.82) is 0 Å². The number of rotatable bonds is 6. The maximum Gasteiger partial charge on any atom is 0.277 e. The van der Waals surface area contributed by atoms with Crippen LogP contribution in [0.1, 0.15) is 55.8 Å². The molecule has 1 saturated heterocycles. The van der Waals surface area contributed by atoms with E-state index in [1.807, 2.05) is 57.5 Å². The molecular formula is C27H31N5O4S. The van der Waals surface area contributed by atoms with Crippen LogP contribution in [0.25, 0.3) is 10.4 Å². The number of aliphatic hydroxyl groups is 1. The van der Waals surface area contributed by atoms with Crippen molar-refractivity contribution in [2.75, 3.05) is 6.54 Å². The molecule has 9 nitrogen and oxygen atoms in total. The van der Waals surface area contributed by atoms with Gasteiger partial charge in [0.15, 0.2) is 0 Å². The molecule has 4 heterocycles. The Balaban J connectivity index is 1.39. The van der Waals surface area contributed by atoms with Gasteiger partial charge in [-0.15, -0.1) is 11.3 Å². The van der Waals surface area contributed by atoms with Gasteiger partial charge in [0.1, 0.15) is 23.1 Å². The highest BCUT2D eigenvalue weighted by molar-refractivity contribution is 7.13. The largest absolute Gasteiger partial charge is 0.391 e. The number of nitrogens with zero attached hydrogens (tertiary/aromatic N) is 4. The molecular weight excluding hydrogens is 490 g/mol. The van der Waals surface area contributed by atoms with E-state index in [-0.39, 0.29) is 24.3 Å². The third-order valence-electron chi connectivity index (χ3n) is 7.26. The normalized spacial score (nSPS) is 24.5. The summed E-state index contributed by atoms with van der Waals surface area (Å²) in [7, 11) is 0. The lowest BCUT2D eigenvalue weighted by molar-refractivity contribution is -0.134. The molecule has 2 aliphatic heterocycles. The quantitative estimate of drug-likeness (QED) is 0.509. The van der Waals surface area contributed by atoms with Crippen LogP contribution in [-0.4, -0.2) is 56.5 Å². The van der Waals surface area contributed by atoms with Gasteiger partial charge in [-0.2, -0.15) is 4.99 Å². The van der Waals surface area contributed by atoms with Gasteiger partial charge < -0.3 is 19.8 Å². The van der Waals surface area contributed by atoms with Gasteiger partial charge in [0.2, 0.25) is 5.91 Å². The molecule has 0 radical (unpaired) electrons. The fraction of sp³-hybridized carbons (Fsp3) is 0.444. The number of hydrogen-bond donors (Lipinski definition) is 2. The molecule has 194 valence electrons. The van der Waals surface area contributed by atoms with Crippen molar-refractivity contribution in [3.05, 3.63) is 58.6 Å². The minimum absolute atomic E-state index is 0.0516. The molecule has 0 saturated carbocycles. The highest BCUT2D eigenvalue weighted by atomic mass is 32.1. The molecule has 2 unspecified atom stereocenters. The molecule has 5 rings (SSSR count). The molecule has 3 aromatic rings. The summed E-state index contributed by atoms with van der Waals surface area (Å²) in [5.74, 6) is -0.218. The van der Waals surface area contributed by atoms with E-state index in [1.165, 1.54) is 0 Å². The second-order valence-electron chi connectivity index (χ2n) is 10.4. The molecule has 1 aromatic carbocycles. The van der Waals surface area contributed by atoms with Crippen LogP contribution in [0, 0.1) is 19.8 Å². The number of aliphatic hydroxyl groups excluding tert-OH is 1. The number of amidine groups is 1. The second kappa shape index (κ2) is 9.50. The van der Waals surface area contributed by atoms with Crippen molar-refractivity contribution < 1.29 is 19.2 Å². The number of carbonyl (C=O) groups excluding carboxylic acids is 2. The van der Waals surface area contributed by atoms with Gasteiger partial charge in [-0.3, -0.25) is 9.59 Å². The van der Waals surface area contributed by atoms with Gasteiger partial charge in [0.25, 0.3) is 5.91 Å². The number of carbonyl (C=O) groups is 2. The predicted octanol–water partition coefficient (Wildman–Crippen LogP) is 3.56. The molecule has 0 aliphatic carbocycles. The first-order valence-electron chi connectivity index (χ1n) is 12.4. The number of aliphatic imine (C=N–C) groups is 1. The number of amides is 2. The molecule has 37 heavy (non-hydrogen) atoms. The Morgan fingerprint density at radius 3 is 2.59 bits per heavy atom. The molecule has 4 atom stereocenters. The lowest BCUT2D eigenvalue weighted by Gasteiger charge is -2.31. The van der Waals surface area contributed by atoms with Crippen LogP contribution in [0.15, 0.2) is 45.4 Å². The van der Waals surface area contributed by atoms with E-state index < -0.39 is 23.6 Å². The number of aryl methyl sites for hydroxylation is 2. The molecule has 0 spiro atoms. The molecule has 1 fully saturated rings. The van der Waals surface area contributed by atoms with E-state index in [2.05, 4.69) is 20.4 Å². The molecule has 2 aromatic heterocycles. The number of thiazole rings is 1. The lowest BCUT2D eigenvalue weighted by atomic mass is 9.90. The minimum atomic E-state index is -1.07.